The van der Waals surface area contributed by atoms with Gasteiger partial charge in [-0.3, -0.25) is 0 Å². The summed E-state index contributed by atoms with van der Waals surface area (Å²) in [5.41, 5.74) is 3.28. The zero-order valence-electron chi connectivity index (χ0n) is 13.9. The molecule has 0 radical (unpaired) electrons. The van der Waals surface area contributed by atoms with Crippen LogP contribution >= 0.6 is 11.8 Å². The molecule has 0 saturated carbocycles. The first kappa shape index (κ1) is 16.3. The van der Waals surface area contributed by atoms with Crippen molar-refractivity contribution in [2.24, 2.45) is 7.05 Å². The van der Waals surface area contributed by atoms with Gasteiger partial charge in [0.1, 0.15) is 11.0 Å². The van der Waals surface area contributed by atoms with E-state index in [-0.39, 0.29) is 5.25 Å². The fourth-order valence-corrected chi connectivity index (χ4v) is 3.36. The van der Waals surface area contributed by atoms with Crippen LogP contribution in [0.15, 0.2) is 46.2 Å². The first-order valence-corrected chi connectivity index (χ1v) is 8.52. The van der Waals surface area contributed by atoms with Crippen molar-refractivity contribution in [1.82, 2.24) is 14.8 Å². The lowest BCUT2D eigenvalue weighted by Crippen LogP contribution is -2.06. The zero-order valence-corrected chi connectivity index (χ0v) is 14.7. The minimum absolute atomic E-state index is 0.214. The van der Waals surface area contributed by atoms with Crippen LogP contribution in [-0.2, 0) is 13.5 Å². The second kappa shape index (κ2) is 6.93. The van der Waals surface area contributed by atoms with E-state index in [0.29, 0.717) is 6.42 Å². The van der Waals surface area contributed by atoms with Gasteiger partial charge in [-0.2, -0.15) is 5.26 Å². The maximum atomic E-state index is 9.49. The Bertz CT molecular complexity index is 873. The van der Waals surface area contributed by atoms with Crippen LogP contribution in [0.3, 0.4) is 0 Å². The first-order valence-electron chi connectivity index (χ1n) is 7.64. The molecule has 122 valence electrons. The number of thioether (sulfide) groups is 1. The van der Waals surface area contributed by atoms with Gasteiger partial charge in [-0.1, -0.05) is 41.6 Å². The van der Waals surface area contributed by atoms with Gasteiger partial charge in [0.25, 0.3) is 0 Å². The number of hydrogen-bond acceptors (Lipinski definition) is 5. The molecule has 5 nitrogen and oxygen atoms in total. The molecule has 2 heterocycles. The molecule has 6 heteroatoms. The normalized spacial score (nSPS) is 12.1. The maximum absolute atomic E-state index is 9.49. The summed E-state index contributed by atoms with van der Waals surface area (Å²) in [6.07, 6.45) is 2.32. The molecular formula is C18H18N4OS. The minimum Gasteiger partial charge on any atom is -0.469 e. The lowest BCUT2D eigenvalue weighted by Gasteiger charge is -2.09. The van der Waals surface area contributed by atoms with Gasteiger partial charge in [-0.25, -0.2) is 0 Å². The number of furan rings is 1. The molecule has 0 bridgehead atoms. The third-order valence-corrected chi connectivity index (χ3v) is 4.99. The minimum atomic E-state index is -0.214. The van der Waals surface area contributed by atoms with Crippen molar-refractivity contribution in [2.45, 2.75) is 30.7 Å². The number of nitrogens with zero attached hydrogens (tertiary/aromatic N) is 4. The van der Waals surface area contributed by atoms with Crippen molar-refractivity contribution in [3.63, 3.8) is 0 Å². The predicted octanol–water partition coefficient (Wildman–Crippen LogP) is 3.92. The highest BCUT2D eigenvalue weighted by Crippen LogP contribution is 2.29. The zero-order chi connectivity index (χ0) is 17.1. The van der Waals surface area contributed by atoms with Crippen LogP contribution in [0.1, 0.15) is 16.9 Å². The number of hydrogen-bond donors (Lipinski definition) is 0. The predicted molar refractivity (Wildman–Crippen MR) is 93.6 cm³/mol. The van der Waals surface area contributed by atoms with Gasteiger partial charge in [-0.05, 0) is 31.9 Å². The third-order valence-electron chi connectivity index (χ3n) is 3.87. The van der Waals surface area contributed by atoms with E-state index in [2.05, 4.69) is 47.5 Å². The Labute approximate surface area is 145 Å². The van der Waals surface area contributed by atoms with Gasteiger partial charge in [0.05, 0.1) is 17.9 Å². The summed E-state index contributed by atoms with van der Waals surface area (Å²) in [6.45, 7) is 3.95. The highest BCUT2D eigenvalue weighted by Gasteiger charge is 2.19. The molecule has 0 unspecified atom stereocenters. The smallest absolute Gasteiger partial charge is 0.192 e. The molecule has 2 aromatic heterocycles. The Morgan fingerprint density at radius 3 is 2.58 bits per heavy atom. The van der Waals surface area contributed by atoms with Crippen LogP contribution in [0.25, 0.3) is 11.4 Å². The van der Waals surface area contributed by atoms with E-state index in [1.165, 1.54) is 17.3 Å². The maximum Gasteiger partial charge on any atom is 0.192 e. The van der Waals surface area contributed by atoms with Gasteiger partial charge in [-0.15, -0.1) is 10.2 Å². The van der Waals surface area contributed by atoms with E-state index in [0.717, 1.165) is 27.9 Å². The Hall–Kier alpha value is -2.52. The second-order valence-electron chi connectivity index (χ2n) is 5.68. The summed E-state index contributed by atoms with van der Waals surface area (Å²) in [6, 6.07) is 12.5. The highest BCUT2D eigenvalue weighted by atomic mass is 32.2. The van der Waals surface area contributed by atoms with Crippen LogP contribution in [0.2, 0.25) is 0 Å². The summed E-state index contributed by atoms with van der Waals surface area (Å²) in [5.74, 6) is 1.55. The van der Waals surface area contributed by atoms with E-state index in [4.69, 9.17) is 4.42 Å². The highest BCUT2D eigenvalue weighted by molar-refractivity contribution is 8.00. The average molecular weight is 338 g/mol. The van der Waals surface area contributed by atoms with E-state index >= 15 is 0 Å². The van der Waals surface area contributed by atoms with Gasteiger partial charge < -0.3 is 8.98 Å². The Balaban J connectivity index is 1.77. The number of aryl methyl sites for hydroxylation is 2. The van der Waals surface area contributed by atoms with Gasteiger partial charge in [0, 0.05) is 7.05 Å². The first-order chi connectivity index (χ1) is 11.6. The van der Waals surface area contributed by atoms with Gasteiger partial charge in [0.2, 0.25) is 0 Å². The quantitative estimate of drug-likeness (QED) is 0.660. The number of aromatic nitrogens is 3. The molecule has 0 aliphatic carbocycles. The summed E-state index contributed by atoms with van der Waals surface area (Å²) in [7, 11) is 1.91. The van der Waals surface area contributed by atoms with E-state index in [1.54, 1.807) is 6.26 Å². The molecule has 0 aliphatic heterocycles. The molecule has 0 amide bonds. The molecule has 0 N–H and O–H groups in total. The van der Waals surface area contributed by atoms with E-state index in [9.17, 15) is 5.26 Å². The molecule has 0 spiro atoms. The van der Waals surface area contributed by atoms with E-state index < -0.39 is 0 Å². The molecule has 1 aromatic carbocycles. The summed E-state index contributed by atoms with van der Waals surface area (Å²) in [4.78, 5) is 0. The largest absolute Gasteiger partial charge is 0.469 e. The Morgan fingerprint density at radius 1 is 1.21 bits per heavy atom. The lowest BCUT2D eigenvalue weighted by atomic mass is 10.1. The molecule has 0 saturated heterocycles. The fraction of sp³-hybridized carbons (Fsp3) is 0.278. The van der Waals surface area contributed by atoms with Crippen LogP contribution in [0.5, 0.6) is 0 Å². The molecule has 1 atom stereocenters. The van der Waals surface area contributed by atoms with Crippen molar-refractivity contribution in [3.05, 3.63) is 53.5 Å². The number of nitriles is 1. The standard InChI is InChI=1S/C18H18N4OS/c1-12-4-6-14(7-5-12)10-15(11-19)24-18-21-20-17(22(18)3)16-8-9-23-13(16)2/h4-9,15H,10H2,1-3H3/t15-/m0/s1. The third kappa shape index (κ3) is 3.36. The van der Waals surface area contributed by atoms with Crippen molar-refractivity contribution in [1.29, 1.82) is 5.26 Å². The van der Waals surface area contributed by atoms with Crippen LogP contribution < -0.4 is 0 Å². The monoisotopic (exact) mass is 338 g/mol. The van der Waals surface area contributed by atoms with Crippen molar-refractivity contribution in [3.8, 4) is 17.5 Å². The molecule has 3 rings (SSSR count). The molecule has 24 heavy (non-hydrogen) atoms. The molecular weight excluding hydrogens is 320 g/mol. The SMILES string of the molecule is Cc1ccc(C[C@@H](C#N)Sc2nnc(-c3ccoc3C)n2C)cc1. The van der Waals surface area contributed by atoms with Crippen LogP contribution in [0.4, 0.5) is 0 Å². The van der Waals surface area contributed by atoms with Crippen molar-refractivity contribution in [2.75, 3.05) is 0 Å². The fourth-order valence-electron chi connectivity index (χ4n) is 2.45. The van der Waals surface area contributed by atoms with Gasteiger partial charge >= 0.3 is 0 Å². The Morgan fingerprint density at radius 2 is 1.96 bits per heavy atom. The summed E-state index contributed by atoms with van der Waals surface area (Å²) in [5, 5.41) is 18.5. The molecule has 0 fully saturated rings. The number of rotatable bonds is 5. The Kier molecular flexibility index (Phi) is 4.72. The average Bonchev–Trinajstić information content (AvgIpc) is 3.15. The topological polar surface area (TPSA) is 67.6 Å². The summed E-state index contributed by atoms with van der Waals surface area (Å²) < 4.78 is 7.24. The van der Waals surface area contributed by atoms with Crippen molar-refractivity contribution >= 4 is 11.8 Å². The summed E-state index contributed by atoms with van der Waals surface area (Å²) >= 11 is 1.44. The molecule has 3 aromatic rings. The second-order valence-corrected chi connectivity index (χ2v) is 6.85. The number of benzene rings is 1. The van der Waals surface area contributed by atoms with Crippen LogP contribution in [0, 0.1) is 25.2 Å². The van der Waals surface area contributed by atoms with E-state index in [1.807, 2.05) is 24.6 Å². The van der Waals surface area contributed by atoms with Crippen molar-refractivity contribution < 1.29 is 4.42 Å². The lowest BCUT2D eigenvalue weighted by molar-refractivity contribution is 0.534. The molecule has 0 aliphatic rings. The van der Waals surface area contributed by atoms with Crippen LogP contribution in [-0.4, -0.2) is 20.0 Å². The van der Waals surface area contributed by atoms with Gasteiger partial charge in [0.15, 0.2) is 11.0 Å².